The summed E-state index contributed by atoms with van der Waals surface area (Å²) in [5.41, 5.74) is 0.462. The van der Waals surface area contributed by atoms with E-state index in [-0.39, 0.29) is 4.90 Å². The van der Waals surface area contributed by atoms with Crippen molar-refractivity contribution in [3.8, 4) is 5.75 Å². The van der Waals surface area contributed by atoms with Gasteiger partial charge in [-0.3, -0.25) is 4.79 Å². The van der Waals surface area contributed by atoms with Crippen molar-refractivity contribution in [1.29, 1.82) is 0 Å². The first-order valence-electron chi connectivity index (χ1n) is 8.77. The average Bonchev–Trinajstić information content (AvgIpc) is 3.47. The van der Waals surface area contributed by atoms with E-state index in [1.54, 1.807) is 19.1 Å². The van der Waals surface area contributed by atoms with E-state index in [4.69, 9.17) is 27.9 Å². The predicted octanol–water partition coefficient (Wildman–Crippen LogP) is 4.09. The Morgan fingerprint density at radius 2 is 1.86 bits per heavy atom. The van der Waals surface area contributed by atoms with Crippen molar-refractivity contribution in [2.75, 3.05) is 11.9 Å². The van der Waals surface area contributed by atoms with E-state index in [9.17, 15) is 13.2 Å². The minimum Gasteiger partial charge on any atom is -0.479 e. The lowest BCUT2D eigenvalue weighted by atomic mass is 10.3. The summed E-state index contributed by atoms with van der Waals surface area (Å²) in [5.74, 6) is 0.398. The molecule has 2 aromatic rings. The average molecular weight is 443 g/mol. The first-order chi connectivity index (χ1) is 13.2. The molecule has 0 heterocycles. The molecule has 0 saturated heterocycles. The molecule has 1 fully saturated rings. The van der Waals surface area contributed by atoms with Crippen molar-refractivity contribution in [2.24, 2.45) is 5.92 Å². The van der Waals surface area contributed by atoms with Crippen molar-refractivity contribution in [3.63, 3.8) is 0 Å². The Bertz CT molecular complexity index is 960. The van der Waals surface area contributed by atoms with Crippen LogP contribution in [0.25, 0.3) is 0 Å². The number of nitrogens with one attached hydrogen (secondary N) is 2. The highest BCUT2D eigenvalue weighted by molar-refractivity contribution is 7.89. The van der Waals surface area contributed by atoms with Gasteiger partial charge in [-0.2, -0.15) is 0 Å². The number of halogens is 2. The Labute approximate surface area is 174 Å². The summed E-state index contributed by atoms with van der Waals surface area (Å²) in [6.07, 6.45) is 1.31. The monoisotopic (exact) mass is 442 g/mol. The fourth-order valence-corrected chi connectivity index (χ4v) is 3.98. The molecule has 2 aromatic carbocycles. The van der Waals surface area contributed by atoms with E-state index in [0.717, 1.165) is 12.8 Å². The largest absolute Gasteiger partial charge is 0.479 e. The van der Waals surface area contributed by atoms with Crippen molar-refractivity contribution in [1.82, 2.24) is 4.72 Å². The molecule has 0 bridgehead atoms. The van der Waals surface area contributed by atoms with Crippen LogP contribution in [0.5, 0.6) is 5.75 Å². The van der Waals surface area contributed by atoms with Gasteiger partial charge in [0, 0.05) is 17.3 Å². The second-order valence-electron chi connectivity index (χ2n) is 6.64. The number of carbonyl (C=O) groups is 1. The zero-order valence-electron chi connectivity index (χ0n) is 15.1. The van der Waals surface area contributed by atoms with Crippen LogP contribution >= 0.6 is 23.2 Å². The lowest BCUT2D eigenvalue weighted by Crippen LogP contribution is -2.30. The summed E-state index contributed by atoms with van der Waals surface area (Å²) < 4.78 is 32.6. The van der Waals surface area contributed by atoms with Crippen molar-refractivity contribution in [3.05, 3.63) is 52.5 Å². The smallest absolute Gasteiger partial charge is 0.265 e. The zero-order chi connectivity index (χ0) is 20.3. The molecular formula is C19H20Cl2N2O4S. The second kappa shape index (κ2) is 8.69. The fraction of sp³-hybridized carbons (Fsp3) is 0.316. The normalized spacial score (nSPS) is 15.1. The molecule has 6 nitrogen and oxygen atoms in total. The van der Waals surface area contributed by atoms with Crippen LogP contribution < -0.4 is 14.8 Å². The van der Waals surface area contributed by atoms with Gasteiger partial charge in [0.1, 0.15) is 5.75 Å². The fourth-order valence-electron chi connectivity index (χ4n) is 2.41. The Morgan fingerprint density at radius 1 is 1.18 bits per heavy atom. The van der Waals surface area contributed by atoms with E-state index < -0.39 is 22.0 Å². The Morgan fingerprint density at radius 3 is 2.46 bits per heavy atom. The number of ether oxygens (including phenoxy) is 1. The minimum absolute atomic E-state index is 0.156. The topological polar surface area (TPSA) is 84.5 Å². The Balaban J connectivity index is 1.58. The summed E-state index contributed by atoms with van der Waals surface area (Å²) in [6.45, 7) is 2.05. The third kappa shape index (κ3) is 5.61. The van der Waals surface area contributed by atoms with Gasteiger partial charge < -0.3 is 10.1 Å². The van der Waals surface area contributed by atoms with Crippen molar-refractivity contribution in [2.45, 2.75) is 30.8 Å². The van der Waals surface area contributed by atoms with Crippen molar-refractivity contribution < 1.29 is 17.9 Å². The molecule has 1 aliphatic carbocycles. The molecule has 0 spiro atoms. The second-order valence-corrected chi connectivity index (χ2v) is 9.25. The number of anilines is 1. The maximum Gasteiger partial charge on any atom is 0.265 e. The zero-order valence-corrected chi connectivity index (χ0v) is 17.4. The number of amides is 1. The minimum atomic E-state index is -3.54. The summed E-state index contributed by atoms with van der Waals surface area (Å²) in [7, 11) is -3.54. The van der Waals surface area contributed by atoms with Gasteiger partial charge in [0.25, 0.3) is 5.91 Å². The Kier molecular flexibility index (Phi) is 6.50. The SMILES string of the molecule is CC(Oc1ccc(Cl)cc1Cl)C(=O)Nc1ccc(S(=O)(=O)NCC2CC2)cc1. The highest BCUT2D eigenvalue weighted by atomic mass is 35.5. The summed E-state index contributed by atoms with van der Waals surface area (Å²) in [4.78, 5) is 12.5. The maximum atomic E-state index is 12.3. The first kappa shape index (κ1) is 20.9. The van der Waals surface area contributed by atoms with E-state index in [0.29, 0.717) is 33.9 Å². The molecule has 1 aliphatic rings. The van der Waals surface area contributed by atoms with Crippen LogP contribution in [0.1, 0.15) is 19.8 Å². The van der Waals surface area contributed by atoms with Crippen LogP contribution in [0.2, 0.25) is 10.0 Å². The lowest BCUT2D eigenvalue weighted by Gasteiger charge is -2.16. The van der Waals surface area contributed by atoms with E-state index in [1.165, 1.54) is 30.3 Å². The molecule has 0 aromatic heterocycles. The van der Waals surface area contributed by atoms with Gasteiger partial charge in [-0.1, -0.05) is 23.2 Å². The summed E-state index contributed by atoms with van der Waals surface area (Å²) in [5, 5.41) is 3.46. The van der Waals surface area contributed by atoms with Gasteiger partial charge >= 0.3 is 0 Å². The molecule has 9 heteroatoms. The van der Waals surface area contributed by atoms with Crippen LogP contribution in [-0.2, 0) is 14.8 Å². The molecule has 1 saturated carbocycles. The van der Waals surface area contributed by atoms with Crippen molar-refractivity contribution >= 4 is 44.8 Å². The van der Waals surface area contributed by atoms with Gasteiger partial charge in [0.2, 0.25) is 10.0 Å². The molecule has 1 unspecified atom stereocenters. The third-order valence-electron chi connectivity index (χ3n) is 4.26. The van der Waals surface area contributed by atoms with E-state index in [2.05, 4.69) is 10.0 Å². The van der Waals surface area contributed by atoms with E-state index >= 15 is 0 Å². The van der Waals surface area contributed by atoms with Crippen LogP contribution in [0, 0.1) is 5.92 Å². The van der Waals surface area contributed by atoms with Gasteiger partial charge in [0.05, 0.1) is 9.92 Å². The van der Waals surface area contributed by atoms with Gasteiger partial charge in [-0.25, -0.2) is 13.1 Å². The molecule has 1 amide bonds. The predicted molar refractivity (Wildman–Crippen MR) is 110 cm³/mol. The molecule has 28 heavy (non-hydrogen) atoms. The van der Waals surface area contributed by atoms with Gasteiger partial charge in [0.15, 0.2) is 6.10 Å². The van der Waals surface area contributed by atoms with Crippen LogP contribution in [0.15, 0.2) is 47.4 Å². The third-order valence-corrected chi connectivity index (χ3v) is 6.23. The highest BCUT2D eigenvalue weighted by Crippen LogP contribution is 2.29. The maximum absolute atomic E-state index is 12.3. The number of sulfonamides is 1. The van der Waals surface area contributed by atoms with Gasteiger partial charge in [-0.05, 0) is 68.1 Å². The lowest BCUT2D eigenvalue weighted by molar-refractivity contribution is -0.122. The Hall–Kier alpha value is -1.80. The number of carbonyl (C=O) groups excluding carboxylic acids is 1. The molecule has 0 aliphatic heterocycles. The number of benzene rings is 2. The standard InChI is InChI=1S/C19H20Cl2N2O4S/c1-12(27-18-9-4-14(20)10-17(18)21)19(24)23-15-5-7-16(8-6-15)28(25,26)22-11-13-2-3-13/h4-10,12-13,22H,2-3,11H2,1H3,(H,23,24). The van der Waals surface area contributed by atoms with E-state index in [1.807, 2.05) is 0 Å². The number of hydrogen-bond acceptors (Lipinski definition) is 4. The van der Waals surface area contributed by atoms with Gasteiger partial charge in [-0.15, -0.1) is 0 Å². The first-order valence-corrected chi connectivity index (χ1v) is 11.0. The molecule has 3 rings (SSSR count). The number of rotatable bonds is 8. The molecule has 150 valence electrons. The van der Waals surface area contributed by atoms with Crippen LogP contribution in [-0.4, -0.2) is 27.0 Å². The van der Waals surface area contributed by atoms with Crippen LogP contribution in [0.4, 0.5) is 5.69 Å². The summed E-state index contributed by atoms with van der Waals surface area (Å²) >= 11 is 11.9. The molecule has 2 N–H and O–H groups in total. The summed E-state index contributed by atoms with van der Waals surface area (Å²) in [6, 6.07) is 10.7. The molecule has 0 radical (unpaired) electrons. The molecule has 1 atom stereocenters. The highest BCUT2D eigenvalue weighted by Gasteiger charge is 2.24. The number of hydrogen-bond donors (Lipinski definition) is 2. The molecular weight excluding hydrogens is 423 g/mol. The quantitative estimate of drug-likeness (QED) is 0.644. The van der Waals surface area contributed by atoms with Crippen LogP contribution in [0.3, 0.4) is 0 Å².